The van der Waals surface area contributed by atoms with Crippen molar-refractivity contribution < 1.29 is 22.7 Å². The van der Waals surface area contributed by atoms with Gasteiger partial charge in [-0.25, -0.2) is 4.98 Å². The fraction of sp³-hybridized carbons (Fsp3) is 0.250. The predicted octanol–water partition coefficient (Wildman–Crippen LogP) is 6.91. The van der Waals surface area contributed by atoms with Crippen LogP contribution in [-0.2, 0) is 0 Å². The Kier molecular flexibility index (Phi) is 6.87. The molecular formula is C28H23ClF3N5O2. The average molecular weight is 554 g/mol. The lowest BCUT2D eigenvalue weighted by molar-refractivity contribution is -0.131. The summed E-state index contributed by atoms with van der Waals surface area (Å²) < 4.78 is 46.0. The van der Waals surface area contributed by atoms with E-state index >= 15 is 0 Å². The molecule has 2 aromatic carbocycles. The zero-order valence-corrected chi connectivity index (χ0v) is 21.5. The summed E-state index contributed by atoms with van der Waals surface area (Å²) in [5.41, 5.74) is 2.43. The number of alkyl halides is 3. The van der Waals surface area contributed by atoms with Crippen LogP contribution < -0.4 is 15.4 Å². The van der Waals surface area contributed by atoms with E-state index in [1.165, 1.54) is 0 Å². The van der Waals surface area contributed by atoms with Crippen molar-refractivity contribution in [3.63, 3.8) is 0 Å². The summed E-state index contributed by atoms with van der Waals surface area (Å²) in [4.78, 5) is 17.4. The summed E-state index contributed by atoms with van der Waals surface area (Å²) in [6.07, 6.45) is -0.642. The first-order valence-corrected chi connectivity index (χ1v) is 12.5. The summed E-state index contributed by atoms with van der Waals surface area (Å²) in [5.74, 6) is 0.530. The molecule has 5 rings (SSSR count). The normalized spacial score (nSPS) is 14.1. The maximum Gasteiger partial charge on any atom is 0.390 e. The molecule has 0 aliphatic heterocycles. The molecule has 2 N–H and O–H groups in total. The first-order valence-electron chi connectivity index (χ1n) is 12.2. The van der Waals surface area contributed by atoms with E-state index < -0.39 is 18.1 Å². The number of hydrogen-bond acceptors (Lipinski definition) is 5. The number of anilines is 1. The number of pyridine rings is 1. The number of hydrogen-bond donors (Lipinski definition) is 2. The van der Waals surface area contributed by atoms with Gasteiger partial charge < -0.3 is 19.8 Å². The highest BCUT2D eigenvalue weighted by Crippen LogP contribution is 2.35. The highest BCUT2D eigenvalue weighted by molar-refractivity contribution is 6.30. The van der Waals surface area contributed by atoms with E-state index in [-0.39, 0.29) is 12.5 Å². The number of ether oxygens (including phenoxy) is 1. The van der Waals surface area contributed by atoms with Gasteiger partial charge in [-0.15, -0.1) is 0 Å². The van der Waals surface area contributed by atoms with Crippen LogP contribution in [0.3, 0.4) is 0 Å². The molecule has 0 unspecified atom stereocenters. The van der Waals surface area contributed by atoms with Gasteiger partial charge >= 0.3 is 6.18 Å². The second-order valence-corrected chi connectivity index (χ2v) is 9.91. The van der Waals surface area contributed by atoms with E-state index in [1.54, 1.807) is 66.2 Å². The highest BCUT2D eigenvalue weighted by Gasteiger charge is 2.44. The number of rotatable bonds is 8. The first-order chi connectivity index (χ1) is 18.5. The van der Waals surface area contributed by atoms with E-state index in [4.69, 9.17) is 16.3 Å². The Morgan fingerprint density at radius 2 is 1.97 bits per heavy atom. The van der Waals surface area contributed by atoms with Gasteiger partial charge in [0, 0.05) is 35.0 Å². The molecule has 7 nitrogen and oxygen atoms in total. The number of nitrogens with zero attached hydrogens (tertiary/aromatic N) is 3. The maximum atomic E-state index is 12.8. The number of nitrogens with one attached hydrogen (secondary N) is 2. The molecule has 11 heteroatoms. The third-order valence-electron chi connectivity index (χ3n) is 6.37. The van der Waals surface area contributed by atoms with Crippen LogP contribution in [0.2, 0.25) is 5.02 Å². The number of aryl methyl sites for hydroxylation is 1. The molecule has 200 valence electrons. The molecular weight excluding hydrogens is 531 g/mol. The number of imidazole rings is 1. The summed E-state index contributed by atoms with van der Waals surface area (Å²) in [6.45, 7) is 1.45. The van der Waals surface area contributed by atoms with E-state index in [0.717, 1.165) is 0 Å². The monoisotopic (exact) mass is 553 g/mol. The standard InChI is InChI=1S/C28H23ClF3N5O2/c1-17-11-18(5-6-22(17)26(38)36-27(16-33)7-8-27)24-15-37-14-21(39-20-4-2-3-19(29)12-20)13-23(25(37)35-24)34-10-9-28(30,31)32/h2-6,11-15,34H,7-10H2,1H3,(H,36,38). The second kappa shape index (κ2) is 10.2. The minimum atomic E-state index is -4.31. The lowest BCUT2D eigenvalue weighted by atomic mass is 10.0. The topological polar surface area (TPSA) is 91.4 Å². The predicted molar refractivity (Wildman–Crippen MR) is 141 cm³/mol. The summed E-state index contributed by atoms with van der Waals surface area (Å²) in [6, 6.07) is 15.7. The quantitative estimate of drug-likeness (QED) is 0.247. The molecule has 1 fully saturated rings. The van der Waals surface area contributed by atoms with E-state index in [2.05, 4.69) is 21.7 Å². The molecule has 0 radical (unpaired) electrons. The highest BCUT2D eigenvalue weighted by atomic mass is 35.5. The zero-order chi connectivity index (χ0) is 27.8. The molecule has 0 spiro atoms. The van der Waals surface area contributed by atoms with Gasteiger partial charge in [0.2, 0.25) is 0 Å². The third kappa shape index (κ3) is 6.10. The molecule has 2 aromatic heterocycles. The van der Waals surface area contributed by atoms with Gasteiger partial charge in [-0.1, -0.05) is 23.7 Å². The Morgan fingerprint density at radius 1 is 1.18 bits per heavy atom. The molecule has 1 aliphatic rings. The summed E-state index contributed by atoms with van der Waals surface area (Å²) in [7, 11) is 0. The third-order valence-corrected chi connectivity index (χ3v) is 6.60. The van der Waals surface area contributed by atoms with Crippen molar-refractivity contribution in [2.45, 2.75) is 37.9 Å². The largest absolute Gasteiger partial charge is 0.456 e. The van der Waals surface area contributed by atoms with Crippen molar-refractivity contribution in [2.75, 3.05) is 11.9 Å². The number of aromatic nitrogens is 2. The molecule has 39 heavy (non-hydrogen) atoms. The Hall–Kier alpha value is -4.23. The lowest BCUT2D eigenvalue weighted by Crippen LogP contribution is -2.35. The van der Waals surface area contributed by atoms with Crippen molar-refractivity contribution in [1.82, 2.24) is 14.7 Å². The summed E-state index contributed by atoms with van der Waals surface area (Å²) in [5, 5.41) is 15.4. The number of fused-ring (bicyclic) bond motifs is 1. The zero-order valence-electron chi connectivity index (χ0n) is 20.8. The van der Waals surface area contributed by atoms with Gasteiger partial charge in [-0.2, -0.15) is 18.4 Å². The maximum absolute atomic E-state index is 12.8. The Balaban J connectivity index is 1.46. The minimum absolute atomic E-state index is 0.313. The number of amides is 1. The molecule has 0 saturated heterocycles. The van der Waals surface area contributed by atoms with Crippen LogP contribution >= 0.6 is 11.6 Å². The number of nitriles is 1. The van der Waals surface area contributed by atoms with Crippen LogP contribution in [0.5, 0.6) is 11.5 Å². The number of carbonyl (C=O) groups is 1. The molecule has 0 bridgehead atoms. The molecule has 2 heterocycles. The lowest BCUT2D eigenvalue weighted by Gasteiger charge is -2.12. The number of carbonyl (C=O) groups excluding carboxylic acids is 1. The van der Waals surface area contributed by atoms with Crippen molar-refractivity contribution >= 4 is 28.8 Å². The van der Waals surface area contributed by atoms with Gasteiger partial charge in [0.15, 0.2) is 5.65 Å². The fourth-order valence-corrected chi connectivity index (χ4v) is 4.34. The molecule has 4 aromatic rings. The molecule has 0 atom stereocenters. The Bertz CT molecular complexity index is 1610. The van der Waals surface area contributed by atoms with Gasteiger partial charge in [0.25, 0.3) is 5.91 Å². The SMILES string of the molecule is Cc1cc(-c2cn3cc(Oc4cccc(Cl)c4)cc(NCCC(F)(F)F)c3n2)ccc1C(=O)NC1(C#N)CC1. The van der Waals surface area contributed by atoms with Gasteiger partial charge in [0.1, 0.15) is 17.0 Å². The fourth-order valence-electron chi connectivity index (χ4n) is 4.16. The Morgan fingerprint density at radius 3 is 2.64 bits per heavy atom. The van der Waals surface area contributed by atoms with Crippen LogP contribution in [0, 0.1) is 18.3 Å². The first kappa shape index (κ1) is 26.4. The van der Waals surface area contributed by atoms with E-state index in [9.17, 15) is 23.2 Å². The van der Waals surface area contributed by atoms with Crippen molar-refractivity contribution in [2.24, 2.45) is 0 Å². The molecule has 1 aliphatic carbocycles. The average Bonchev–Trinajstić information content (AvgIpc) is 3.50. The van der Waals surface area contributed by atoms with Crippen LogP contribution in [0.4, 0.5) is 18.9 Å². The second-order valence-electron chi connectivity index (χ2n) is 9.48. The summed E-state index contributed by atoms with van der Waals surface area (Å²) >= 11 is 6.05. The van der Waals surface area contributed by atoms with Gasteiger partial charge in [0.05, 0.1) is 30.1 Å². The molecule has 1 saturated carbocycles. The van der Waals surface area contributed by atoms with E-state index in [0.29, 0.717) is 63.1 Å². The van der Waals surface area contributed by atoms with Crippen LogP contribution in [0.1, 0.15) is 35.2 Å². The Labute approximate surface area is 227 Å². The van der Waals surface area contributed by atoms with Crippen molar-refractivity contribution in [3.05, 3.63) is 77.1 Å². The number of benzene rings is 2. The van der Waals surface area contributed by atoms with Crippen LogP contribution in [0.15, 0.2) is 60.9 Å². The van der Waals surface area contributed by atoms with Gasteiger partial charge in [-0.3, -0.25) is 4.79 Å². The molecule has 1 amide bonds. The van der Waals surface area contributed by atoms with Crippen molar-refractivity contribution in [3.8, 4) is 28.8 Å². The minimum Gasteiger partial charge on any atom is -0.456 e. The van der Waals surface area contributed by atoms with Crippen LogP contribution in [0.25, 0.3) is 16.9 Å². The van der Waals surface area contributed by atoms with Gasteiger partial charge in [-0.05, 0) is 55.7 Å². The van der Waals surface area contributed by atoms with Crippen LogP contribution in [-0.4, -0.2) is 33.6 Å². The number of halogens is 4. The smallest absolute Gasteiger partial charge is 0.390 e. The van der Waals surface area contributed by atoms with Crippen molar-refractivity contribution in [1.29, 1.82) is 5.26 Å². The van der Waals surface area contributed by atoms with E-state index in [1.807, 2.05) is 6.07 Å².